The molecule has 0 saturated carbocycles. The number of unbranched alkanes of at least 4 members (excludes halogenated alkanes) is 8. The van der Waals surface area contributed by atoms with Gasteiger partial charge in [-0.05, 0) is 6.42 Å². The molecule has 6 nitrogen and oxygen atoms in total. The van der Waals surface area contributed by atoms with E-state index in [1.165, 1.54) is 44.9 Å². The molecular formula is C16H30O6. The summed E-state index contributed by atoms with van der Waals surface area (Å²) in [5.41, 5.74) is 0. The summed E-state index contributed by atoms with van der Waals surface area (Å²) in [6.45, 7) is 2.24. The number of aliphatic hydroxyl groups is 1. The Hall–Kier alpha value is -1.30. The Bertz CT molecular complexity index is 292. The van der Waals surface area contributed by atoms with Crippen LogP contribution in [0.25, 0.3) is 0 Å². The number of carbonyl (C=O) groups excluding carboxylic acids is 1. The van der Waals surface area contributed by atoms with Gasteiger partial charge in [-0.1, -0.05) is 58.3 Å². The van der Waals surface area contributed by atoms with Crippen molar-refractivity contribution >= 4 is 12.1 Å². The molecule has 0 spiro atoms. The highest BCUT2D eigenvalue weighted by molar-refractivity contribution is 5.66. The highest BCUT2D eigenvalue weighted by Gasteiger charge is 2.23. The number of ether oxygens (including phenoxy) is 2. The fourth-order valence-corrected chi connectivity index (χ4v) is 2.04. The van der Waals surface area contributed by atoms with E-state index in [0.29, 0.717) is 6.42 Å². The summed E-state index contributed by atoms with van der Waals surface area (Å²) in [6, 6.07) is 0. The summed E-state index contributed by atoms with van der Waals surface area (Å²) in [7, 11) is 0. The number of cyclic esters (lactones) is 2. The lowest BCUT2D eigenvalue weighted by atomic mass is 10.1. The number of aliphatic hydroxyl groups excluding tert-OH is 1. The number of rotatable bonds is 11. The fourth-order valence-electron chi connectivity index (χ4n) is 2.04. The molecule has 0 bridgehead atoms. The van der Waals surface area contributed by atoms with Gasteiger partial charge in [0.2, 0.25) is 0 Å². The van der Waals surface area contributed by atoms with E-state index in [-0.39, 0.29) is 13.2 Å². The fraction of sp³-hybridized carbons (Fsp3) is 0.875. The van der Waals surface area contributed by atoms with Crippen molar-refractivity contribution in [1.82, 2.24) is 0 Å². The smallest absolute Gasteiger partial charge is 0.481 e. The van der Waals surface area contributed by atoms with Gasteiger partial charge >= 0.3 is 12.1 Å². The van der Waals surface area contributed by atoms with Gasteiger partial charge in [0.05, 0.1) is 6.61 Å². The molecule has 1 rings (SSSR count). The Kier molecular flexibility index (Phi) is 13.8. The molecule has 1 aliphatic heterocycles. The zero-order valence-corrected chi connectivity index (χ0v) is 13.6. The molecule has 2 N–H and O–H groups in total. The first-order valence-electron chi connectivity index (χ1n) is 8.26. The zero-order chi connectivity index (χ0) is 16.6. The molecule has 130 valence electrons. The quantitative estimate of drug-likeness (QED) is 0.447. The Morgan fingerprint density at radius 2 is 1.64 bits per heavy atom. The van der Waals surface area contributed by atoms with Crippen molar-refractivity contribution in [2.45, 2.75) is 77.2 Å². The van der Waals surface area contributed by atoms with Gasteiger partial charge in [0.15, 0.2) is 6.10 Å². The second-order valence-corrected chi connectivity index (χ2v) is 5.46. The molecule has 0 amide bonds. The van der Waals surface area contributed by atoms with E-state index in [1.54, 1.807) is 0 Å². The predicted octanol–water partition coefficient (Wildman–Crippen LogP) is 3.51. The third-order valence-corrected chi connectivity index (χ3v) is 3.35. The van der Waals surface area contributed by atoms with Crippen molar-refractivity contribution in [1.29, 1.82) is 0 Å². The van der Waals surface area contributed by atoms with Crippen LogP contribution in [0.15, 0.2) is 0 Å². The van der Waals surface area contributed by atoms with E-state index in [9.17, 15) is 9.59 Å². The van der Waals surface area contributed by atoms with Gasteiger partial charge in [-0.3, -0.25) is 4.79 Å². The minimum absolute atomic E-state index is 0.161. The van der Waals surface area contributed by atoms with E-state index in [1.807, 2.05) is 0 Å². The molecule has 0 aromatic heterocycles. The van der Waals surface area contributed by atoms with Crippen LogP contribution in [0, 0.1) is 0 Å². The molecule has 6 heteroatoms. The first-order chi connectivity index (χ1) is 10.6. The van der Waals surface area contributed by atoms with E-state index in [0.717, 1.165) is 12.8 Å². The van der Waals surface area contributed by atoms with Gasteiger partial charge in [0.25, 0.3) is 0 Å². The first kappa shape index (κ1) is 20.7. The molecule has 1 atom stereocenters. The number of carboxylic acids is 1. The molecule has 1 fully saturated rings. The third kappa shape index (κ3) is 13.7. The van der Waals surface area contributed by atoms with Crippen molar-refractivity contribution in [3.63, 3.8) is 0 Å². The second-order valence-electron chi connectivity index (χ2n) is 5.46. The van der Waals surface area contributed by atoms with Crippen LogP contribution in [-0.4, -0.2) is 41.7 Å². The number of hydrogen-bond donors (Lipinski definition) is 2. The van der Waals surface area contributed by atoms with Crippen LogP contribution in [-0.2, 0) is 14.3 Å². The van der Waals surface area contributed by atoms with E-state index in [2.05, 4.69) is 16.4 Å². The summed E-state index contributed by atoms with van der Waals surface area (Å²) in [4.78, 5) is 20.3. The molecule has 0 aromatic rings. The maximum atomic E-state index is 10.2. The highest BCUT2D eigenvalue weighted by atomic mass is 16.8. The average molecular weight is 318 g/mol. The lowest BCUT2D eigenvalue weighted by Gasteiger charge is -2.00. The third-order valence-electron chi connectivity index (χ3n) is 3.35. The summed E-state index contributed by atoms with van der Waals surface area (Å²) in [6.07, 6.45) is 10.3. The van der Waals surface area contributed by atoms with Gasteiger partial charge in [-0.2, -0.15) is 0 Å². The predicted molar refractivity (Wildman–Crippen MR) is 82.8 cm³/mol. The SMILES string of the molecule is CCCCCCCCCCCC(=O)O.O=C1OCC(CO)O1. The van der Waals surface area contributed by atoms with Gasteiger partial charge in [-0.25, -0.2) is 4.79 Å². The monoisotopic (exact) mass is 318 g/mol. The van der Waals surface area contributed by atoms with Crippen molar-refractivity contribution in [3.05, 3.63) is 0 Å². The van der Waals surface area contributed by atoms with Crippen LogP contribution < -0.4 is 0 Å². The number of aliphatic carboxylic acids is 1. The zero-order valence-electron chi connectivity index (χ0n) is 13.6. The summed E-state index contributed by atoms with van der Waals surface area (Å²) < 4.78 is 8.73. The molecule has 0 radical (unpaired) electrons. The topological polar surface area (TPSA) is 93.1 Å². The Labute approximate surface area is 132 Å². The number of carboxylic acid groups (broad SMARTS) is 1. The minimum Gasteiger partial charge on any atom is -0.481 e. The summed E-state index contributed by atoms with van der Waals surface area (Å²) in [5, 5.41) is 16.7. The van der Waals surface area contributed by atoms with Crippen molar-refractivity contribution < 1.29 is 29.3 Å². The largest absolute Gasteiger partial charge is 0.508 e. The molecule has 22 heavy (non-hydrogen) atoms. The van der Waals surface area contributed by atoms with E-state index in [4.69, 9.17) is 10.2 Å². The lowest BCUT2D eigenvalue weighted by Crippen LogP contribution is -2.14. The lowest BCUT2D eigenvalue weighted by molar-refractivity contribution is -0.137. The van der Waals surface area contributed by atoms with Gasteiger partial charge in [0, 0.05) is 6.42 Å². The van der Waals surface area contributed by atoms with Crippen LogP contribution in [0.4, 0.5) is 4.79 Å². The summed E-state index contributed by atoms with van der Waals surface area (Å²) in [5.74, 6) is -0.659. The summed E-state index contributed by atoms with van der Waals surface area (Å²) >= 11 is 0. The van der Waals surface area contributed by atoms with E-state index >= 15 is 0 Å². The maximum Gasteiger partial charge on any atom is 0.508 e. The normalized spacial score (nSPS) is 16.5. The first-order valence-corrected chi connectivity index (χ1v) is 8.26. The molecule has 1 saturated heterocycles. The maximum absolute atomic E-state index is 10.2. The van der Waals surface area contributed by atoms with Crippen LogP contribution >= 0.6 is 0 Å². The van der Waals surface area contributed by atoms with Crippen molar-refractivity contribution in [2.75, 3.05) is 13.2 Å². The molecule has 1 unspecified atom stereocenters. The van der Waals surface area contributed by atoms with Crippen molar-refractivity contribution in [2.24, 2.45) is 0 Å². The standard InChI is InChI=1S/C12H24O2.C4H6O4/c1-2-3-4-5-6-7-8-9-10-11-12(13)14;5-1-3-2-7-4(6)8-3/h2-11H2,1H3,(H,13,14);3,5H,1-2H2. The van der Waals surface area contributed by atoms with Crippen LogP contribution in [0.1, 0.15) is 71.1 Å². The Balaban J connectivity index is 0.000000461. The van der Waals surface area contributed by atoms with Gasteiger partial charge < -0.3 is 19.7 Å². The molecule has 0 aliphatic carbocycles. The van der Waals surface area contributed by atoms with Gasteiger partial charge in [-0.15, -0.1) is 0 Å². The van der Waals surface area contributed by atoms with Crippen LogP contribution in [0.2, 0.25) is 0 Å². The minimum atomic E-state index is -0.691. The molecule has 0 aromatic carbocycles. The van der Waals surface area contributed by atoms with Crippen molar-refractivity contribution in [3.8, 4) is 0 Å². The van der Waals surface area contributed by atoms with Crippen LogP contribution in [0.3, 0.4) is 0 Å². The molecule has 1 aliphatic rings. The Morgan fingerprint density at radius 1 is 1.09 bits per heavy atom. The van der Waals surface area contributed by atoms with Crippen LogP contribution in [0.5, 0.6) is 0 Å². The molecular weight excluding hydrogens is 288 g/mol. The number of carbonyl (C=O) groups is 2. The average Bonchev–Trinajstić information content (AvgIpc) is 2.92. The Morgan fingerprint density at radius 3 is 2.00 bits per heavy atom. The highest BCUT2D eigenvalue weighted by Crippen LogP contribution is 2.10. The second kappa shape index (κ2) is 14.6. The van der Waals surface area contributed by atoms with E-state index < -0.39 is 18.2 Å². The molecule has 1 heterocycles. The number of hydrogen-bond acceptors (Lipinski definition) is 5. The van der Waals surface area contributed by atoms with Gasteiger partial charge in [0.1, 0.15) is 6.61 Å².